The first-order valence-electron chi connectivity index (χ1n) is 13.6. The van der Waals surface area contributed by atoms with Crippen molar-refractivity contribution in [2.75, 3.05) is 31.6 Å². The fourth-order valence-electron chi connectivity index (χ4n) is 7.04. The highest BCUT2D eigenvalue weighted by Crippen LogP contribution is 2.43. The van der Waals surface area contributed by atoms with E-state index in [0.717, 1.165) is 72.7 Å². The Morgan fingerprint density at radius 3 is 2.83 bits per heavy atom. The van der Waals surface area contributed by atoms with Gasteiger partial charge in [0.25, 0.3) is 5.91 Å². The number of hydrogen-bond donors (Lipinski definition) is 0. The van der Waals surface area contributed by atoms with E-state index in [-0.39, 0.29) is 11.9 Å². The Morgan fingerprint density at radius 2 is 2.00 bits per heavy atom. The van der Waals surface area contributed by atoms with Crippen LogP contribution in [-0.4, -0.2) is 52.1 Å². The predicted molar refractivity (Wildman–Crippen MR) is 139 cm³/mol. The van der Waals surface area contributed by atoms with Crippen molar-refractivity contribution in [1.82, 2.24) is 19.4 Å². The minimum absolute atomic E-state index is 0.112. The Balaban J connectivity index is 1.24. The molecule has 3 aromatic rings. The highest BCUT2D eigenvalue weighted by atomic mass is 16.5. The fraction of sp³-hybridized carbons (Fsp3) is 0.552. The van der Waals surface area contributed by atoms with Gasteiger partial charge >= 0.3 is 0 Å². The first-order valence-corrected chi connectivity index (χ1v) is 13.6. The number of methoxy groups -OCH3 is 1. The number of ether oxygens (including phenoxy) is 1. The molecule has 0 spiro atoms. The van der Waals surface area contributed by atoms with E-state index in [4.69, 9.17) is 14.7 Å². The van der Waals surface area contributed by atoms with Crippen LogP contribution >= 0.6 is 0 Å². The van der Waals surface area contributed by atoms with Crippen LogP contribution < -0.4 is 9.64 Å². The fourth-order valence-corrected chi connectivity index (χ4v) is 7.04. The molecule has 2 aromatic heterocycles. The highest BCUT2D eigenvalue weighted by molar-refractivity contribution is 5.99. The molecule has 7 rings (SSSR count). The van der Waals surface area contributed by atoms with E-state index in [9.17, 15) is 4.79 Å². The molecule has 4 heterocycles. The molecule has 2 aliphatic carbocycles. The molecule has 7 heteroatoms. The number of fused-ring (bicyclic) bond motifs is 3. The minimum Gasteiger partial charge on any atom is -0.494 e. The summed E-state index contributed by atoms with van der Waals surface area (Å²) in [5.41, 5.74) is 3.76. The van der Waals surface area contributed by atoms with Crippen molar-refractivity contribution in [3.8, 4) is 5.75 Å². The van der Waals surface area contributed by atoms with Crippen LogP contribution in [0.2, 0.25) is 0 Å². The number of carbonyl (C=O) groups excluding carboxylic acids is 1. The molecular formula is C29H35N5O2. The molecule has 2 saturated carbocycles. The second-order valence-corrected chi connectivity index (χ2v) is 11.4. The molecule has 36 heavy (non-hydrogen) atoms. The SMILES string of the molecule is COc1cc(C(=O)N2CC[C@@H]3CCC[C@@H]3C2)cc2nc(C3Cc4cccnc4N3CC3CC3)n(C)c12. The van der Waals surface area contributed by atoms with Crippen LogP contribution in [0.4, 0.5) is 5.82 Å². The summed E-state index contributed by atoms with van der Waals surface area (Å²) in [7, 11) is 3.76. The lowest BCUT2D eigenvalue weighted by Crippen LogP contribution is -2.42. The van der Waals surface area contributed by atoms with Gasteiger partial charge in [-0.25, -0.2) is 9.97 Å². The maximum atomic E-state index is 13.6. The van der Waals surface area contributed by atoms with Gasteiger partial charge in [0.1, 0.15) is 22.9 Å². The number of hydrogen-bond acceptors (Lipinski definition) is 5. The molecule has 1 saturated heterocycles. The third-order valence-electron chi connectivity index (χ3n) is 9.14. The van der Waals surface area contributed by atoms with E-state index < -0.39 is 0 Å². The van der Waals surface area contributed by atoms with Crippen molar-refractivity contribution >= 4 is 22.8 Å². The number of rotatable bonds is 5. The standard InChI is InChI=1S/C29H35N5O2/c1-32-26-23(31-28(32)24-14-20-7-4-11-30-27(20)34(24)16-18-8-9-18)13-22(15-25(26)36-2)29(35)33-12-10-19-5-3-6-21(19)17-33/h4,7,11,13,15,18-19,21,24H,3,5-6,8-10,12,14,16-17H2,1-2H3/t19-,21+,24?/m0/s1. The summed E-state index contributed by atoms with van der Waals surface area (Å²) in [6.45, 7) is 2.77. The summed E-state index contributed by atoms with van der Waals surface area (Å²) in [6.07, 6.45) is 10.4. The molecule has 188 valence electrons. The van der Waals surface area contributed by atoms with Crippen molar-refractivity contribution in [2.24, 2.45) is 24.8 Å². The number of likely N-dealkylation sites (tertiary alicyclic amines) is 1. The average Bonchev–Trinajstić information content (AvgIpc) is 3.32. The van der Waals surface area contributed by atoms with Crippen LogP contribution in [0.15, 0.2) is 30.5 Å². The summed E-state index contributed by atoms with van der Waals surface area (Å²) in [4.78, 5) is 28.0. The van der Waals surface area contributed by atoms with Gasteiger partial charge in [0.15, 0.2) is 0 Å². The number of nitrogens with zero attached hydrogens (tertiary/aromatic N) is 5. The highest BCUT2D eigenvalue weighted by Gasteiger charge is 2.39. The number of pyridine rings is 1. The van der Waals surface area contributed by atoms with Gasteiger partial charge in [0, 0.05) is 44.9 Å². The second kappa shape index (κ2) is 8.49. The molecule has 2 aliphatic heterocycles. The lowest BCUT2D eigenvalue weighted by Gasteiger charge is -2.35. The largest absolute Gasteiger partial charge is 0.494 e. The first kappa shape index (κ1) is 22.1. The lowest BCUT2D eigenvalue weighted by atomic mass is 9.88. The van der Waals surface area contributed by atoms with E-state index in [1.807, 2.05) is 24.4 Å². The van der Waals surface area contributed by atoms with Gasteiger partial charge in [-0.3, -0.25) is 4.79 Å². The number of anilines is 1. The quantitative estimate of drug-likeness (QED) is 0.522. The Morgan fingerprint density at radius 1 is 1.14 bits per heavy atom. The van der Waals surface area contributed by atoms with Gasteiger partial charge in [-0.05, 0) is 67.2 Å². The molecule has 3 fully saturated rings. The molecule has 4 aliphatic rings. The normalized spacial score (nSPS) is 25.3. The van der Waals surface area contributed by atoms with Gasteiger partial charge in [0.2, 0.25) is 0 Å². The van der Waals surface area contributed by atoms with Crippen LogP contribution in [0.3, 0.4) is 0 Å². The smallest absolute Gasteiger partial charge is 0.254 e. The third kappa shape index (κ3) is 3.58. The number of aryl methyl sites for hydroxylation is 1. The summed E-state index contributed by atoms with van der Waals surface area (Å²) in [5.74, 6) is 5.17. The van der Waals surface area contributed by atoms with Crippen molar-refractivity contribution in [3.63, 3.8) is 0 Å². The summed E-state index contributed by atoms with van der Waals surface area (Å²) >= 11 is 0. The van der Waals surface area contributed by atoms with Crippen molar-refractivity contribution in [2.45, 2.75) is 51.0 Å². The minimum atomic E-state index is 0.112. The van der Waals surface area contributed by atoms with Gasteiger partial charge in [-0.1, -0.05) is 18.9 Å². The van der Waals surface area contributed by atoms with Crippen LogP contribution in [0.5, 0.6) is 5.75 Å². The molecular weight excluding hydrogens is 450 g/mol. The zero-order chi connectivity index (χ0) is 24.4. The lowest BCUT2D eigenvalue weighted by molar-refractivity contribution is 0.0627. The van der Waals surface area contributed by atoms with Crippen molar-refractivity contribution < 1.29 is 9.53 Å². The maximum absolute atomic E-state index is 13.6. The first-order chi connectivity index (χ1) is 17.6. The number of imidazole rings is 1. The van der Waals surface area contributed by atoms with E-state index in [1.165, 1.54) is 37.7 Å². The van der Waals surface area contributed by atoms with E-state index in [2.05, 4.69) is 27.5 Å². The molecule has 1 amide bonds. The molecule has 0 radical (unpaired) electrons. The summed E-state index contributed by atoms with van der Waals surface area (Å²) in [6, 6.07) is 8.26. The Kier molecular flexibility index (Phi) is 5.22. The maximum Gasteiger partial charge on any atom is 0.254 e. The Hall–Kier alpha value is -3.09. The van der Waals surface area contributed by atoms with Crippen LogP contribution in [0.1, 0.15) is 66.3 Å². The predicted octanol–water partition coefficient (Wildman–Crippen LogP) is 4.75. The monoisotopic (exact) mass is 485 g/mol. The van der Waals surface area contributed by atoms with Crippen LogP contribution in [-0.2, 0) is 13.5 Å². The Bertz CT molecular complexity index is 1330. The van der Waals surface area contributed by atoms with Gasteiger partial charge < -0.3 is 19.1 Å². The second-order valence-electron chi connectivity index (χ2n) is 11.4. The van der Waals surface area contributed by atoms with E-state index in [1.54, 1.807) is 7.11 Å². The van der Waals surface area contributed by atoms with Crippen LogP contribution in [0.25, 0.3) is 11.0 Å². The van der Waals surface area contributed by atoms with Crippen molar-refractivity contribution in [1.29, 1.82) is 0 Å². The molecule has 0 N–H and O–H groups in total. The van der Waals surface area contributed by atoms with E-state index in [0.29, 0.717) is 11.5 Å². The van der Waals surface area contributed by atoms with E-state index >= 15 is 0 Å². The van der Waals surface area contributed by atoms with Crippen LogP contribution in [0, 0.1) is 17.8 Å². The number of aromatic nitrogens is 3. The van der Waals surface area contributed by atoms with Gasteiger partial charge in [-0.2, -0.15) is 0 Å². The third-order valence-corrected chi connectivity index (χ3v) is 9.14. The summed E-state index contributed by atoms with van der Waals surface area (Å²) in [5, 5.41) is 0. The number of benzene rings is 1. The zero-order valence-electron chi connectivity index (χ0n) is 21.3. The van der Waals surface area contributed by atoms with Gasteiger partial charge in [0.05, 0.1) is 18.7 Å². The molecule has 1 unspecified atom stereocenters. The Labute approximate surface area is 212 Å². The summed E-state index contributed by atoms with van der Waals surface area (Å²) < 4.78 is 8.01. The zero-order valence-corrected chi connectivity index (χ0v) is 21.3. The molecule has 1 aromatic carbocycles. The number of amides is 1. The molecule has 7 nitrogen and oxygen atoms in total. The average molecular weight is 486 g/mol. The topological polar surface area (TPSA) is 63.5 Å². The number of piperidine rings is 1. The molecule has 0 bridgehead atoms. The number of carbonyl (C=O) groups is 1. The molecule has 3 atom stereocenters. The van der Waals surface area contributed by atoms with Gasteiger partial charge in [-0.15, -0.1) is 0 Å². The van der Waals surface area contributed by atoms with Crippen molar-refractivity contribution in [3.05, 3.63) is 47.4 Å².